The maximum absolute atomic E-state index is 12.8. The minimum absolute atomic E-state index is 0.0146. The largest absolute Gasteiger partial charge is 0.243 e. The highest BCUT2D eigenvalue weighted by molar-refractivity contribution is 7.89. The Morgan fingerprint density at radius 3 is 2.58 bits per heavy atom. The average Bonchev–Trinajstić information content (AvgIpc) is 3.03. The molecule has 1 aromatic carbocycles. The highest BCUT2D eigenvalue weighted by Crippen LogP contribution is 2.40. The van der Waals surface area contributed by atoms with Gasteiger partial charge in [-0.25, -0.2) is 13.1 Å². The fourth-order valence-corrected chi connectivity index (χ4v) is 5.63. The Morgan fingerprint density at radius 1 is 1.21 bits per heavy atom. The lowest BCUT2D eigenvalue weighted by Gasteiger charge is -2.39. The molecule has 7 heteroatoms. The molecule has 0 bridgehead atoms. The Balaban J connectivity index is 1.72. The molecule has 132 valence electrons. The van der Waals surface area contributed by atoms with Gasteiger partial charge >= 0.3 is 0 Å². The predicted molar refractivity (Wildman–Crippen MR) is 97.6 cm³/mol. The number of nitrogens with zero attached hydrogens (tertiary/aromatic N) is 2. The molecule has 24 heavy (non-hydrogen) atoms. The average molecular weight is 368 g/mol. The van der Waals surface area contributed by atoms with Crippen LogP contribution in [0.5, 0.6) is 0 Å². The van der Waals surface area contributed by atoms with Gasteiger partial charge in [0.25, 0.3) is 0 Å². The Hall–Kier alpha value is -1.05. The summed E-state index contributed by atoms with van der Waals surface area (Å²) in [5, 5.41) is 0. The first-order chi connectivity index (χ1) is 11.3. The van der Waals surface area contributed by atoms with Gasteiger partial charge in [0.2, 0.25) is 10.0 Å². The zero-order valence-corrected chi connectivity index (χ0v) is 16.1. The van der Waals surface area contributed by atoms with E-state index in [9.17, 15) is 8.42 Å². The molecule has 0 saturated heterocycles. The monoisotopic (exact) mass is 367 g/mol. The molecule has 5 nitrogen and oxygen atoms in total. The molecule has 3 rings (SSSR count). The van der Waals surface area contributed by atoms with Gasteiger partial charge < -0.3 is 0 Å². The predicted octanol–water partition coefficient (Wildman–Crippen LogP) is 3.96. The maximum atomic E-state index is 12.8. The Labute approximate surface area is 148 Å². The molecule has 2 aromatic rings. The Kier molecular flexibility index (Phi) is 4.95. The molecule has 0 atom stereocenters. The standard InChI is InChI=1S/C17H25N3O2S2/c1-4-17(2,3)12-8-10-13(11-9-12)20-24(21,22)15-7-5-6-14-16(15)19-23-18-14/h5-7,12-13,20H,4,8-11H2,1-3H3. The van der Waals surface area contributed by atoms with E-state index in [0.29, 0.717) is 22.4 Å². The minimum Gasteiger partial charge on any atom is -0.208 e. The van der Waals surface area contributed by atoms with Crippen molar-refractivity contribution < 1.29 is 8.42 Å². The number of aromatic nitrogens is 2. The van der Waals surface area contributed by atoms with Gasteiger partial charge in [-0.05, 0) is 49.1 Å². The molecular formula is C17H25N3O2S2. The van der Waals surface area contributed by atoms with Crippen molar-refractivity contribution in [3.63, 3.8) is 0 Å². The molecule has 1 aromatic heterocycles. The second kappa shape index (κ2) is 6.69. The summed E-state index contributed by atoms with van der Waals surface area (Å²) >= 11 is 1.04. The normalized spacial score (nSPS) is 22.8. The summed E-state index contributed by atoms with van der Waals surface area (Å²) in [6.07, 6.45) is 5.12. The third-order valence-corrected chi connectivity index (χ3v) is 7.70. The highest BCUT2D eigenvalue weighted by atomic mass is 32.2. The summed E-state index contributed by atoms with van der Waals surface area (Å²) in [5.41, 5.74) is 1.44. The number of sulfonamides is 1. The van der Waals surface area contributed by atoms with E-state index < -0.39 is 10.0 Å². The minimum atomic E-state index is -3.56. The van der Waals surface area contributed by atoms with Crippen LogP contribution in [-0.2, 0) is 10.0 Å². The van der Waals surface area contributed by atoms with Crippen molar-refractivity contribution in [3.05, 3.63) is 18.2 Å². The third-order valence-electron chi connectivity index (χ3n) is 5.60. The number of benzene rings is 1. The molecule has 0 spiro atoms. The summed E-state index contributed by atoms with van der Waals surface area (Å²) in [7, 11) is -3.56. The van der Waals surface area contributed by atoms with Crippen LogP contribution in [0.3, 0.4) is 0 Å². The van der Waals surface area contributed by atoms with E-state index in [4.69, 9.17) is 0 Å². The molecule has 1 N–H and O–H groups in total. The van der Waals surface area contributed by atoms with Gasteiger partial charge in [-0.3, -0.25) is 0 Å². The first-order valence-corrected chi connectivity index (χ1v) is 10.8. The molecule has 1 aliphatic rings. The molecule has 0 radical (unpaired) electrons. The van der Waals surface area contributed by atoms with E-state index in [0.717, 1.165) is 43.8 Å². The van der Waals surface area contributed by atoms with Crippen LogP contribution < -0.4 is 4.72 Å². The zero-order chi connectivity index (χ0) is 17.4. The van der Waals surface area contributed by atoms with E-state index >= 15 is 0 Å². The fraction of sp³-hybridized carbons (Fsp3) is 0.647. The lowest BCUT2D eigenvalue weighted by atomic mass is 9.69. The van der Waals surface area contributed by atoms with Crippen LogP contribution >= 0.6 is 11.7 Å². The van der Waals surface area contributed by atoms with Gasteiger partial charge in [0, 0.05) is 6.04 Å². The SMILES string of the molecule is CCC(C)(C)C1CCC(NS(=O)(=O)c2cccc3nsnc23)CC1. The van der Waals surface area contributed by atoms with Crippen LogP contribution in [0.15, 0.2) is 23.1 Å². The van der Waals surface area contributed by atoms with Crippen molar-refractivity contribution in [3.8, 4) is 0 Å². The summed E-state index contributed by atoms with van der Waals surface area (Å²) in [6.45, 7) is 6.87. The van der Waals surface area contributed by atoms with Gasteiger partial charge in [0.05, 0.1) is 11.7 Å². The van der Waals surface area contributed by atoms with Crippen LogP contribution in [0.25, 0.3) is 11.0 Å². The third kappa shape index (κ3) is 3.48. The van der Waals surface area contributed by atoms with Crippen molar-refractivity contribution in [1.29, 1.82) is 0 Å². The molecule has 1 heterocycles. The van der Waals surface area contributed by atoms with Gasteiger partial charge in [-0.15, -0.1) is 0 Å². The summed E-state index contributed by atoms with van der Waals surface area (Å²) < 4.78 is 36.7. The lowest BCUT2D eigenvalue weighted by molar-refractivity contribution is 0.142. The molecule has 0 unspecified atom stereocenters. The van der Waals surface area contributed by atoms with Crippen LogP contribution in [0, 0.1) is 11.3 Å². The first kappa shape index (κ1) is 17.8. The number of nitrogens with one attached hydrogen (secondary N) is 1. The van der Waals surface area contributed by atoms with E-state index in [1.165, 1.54) is 0 Å². The van der Waals surface area contributed by atoms with E-state index in [-0.39, 0.29) is 10.9 Å². The van der Waals surface area contributed by atoms with Crippen molar-refractivity contribution in [2.24, 2.45) is 11.3 Å². The van der Waals surface area contributed by atoms with Crippen molar-refractivity contribution in [2.75, 3.05) is 0 Å². The molecule has 1 aliphatic carbocycles. The van der Waals surface area contributed by atoms with Gasteiger partial charge in [-0.1, -0.05) is 33.3 Å². The van der Waals surface area contributed by atoms with E-state index in [1.54, 1.807) is 18.2 Å². The maximum Gasteiger partial charge on any atom is 0.243 e. The fourth-order valence-electron chi connectivity index (χ4n) is 3.56. The molecule has 0 aliphatic heterocycles. The zero-order valence-electron chi connectivity index (χ0n) is 14.4. The van der Waals surface area contributed by atoms with Crippen LogP contribution in [-0.4, -0.2) is 23.2 Å². The first-order valence-electron chi connectivity index (χ1n) is 8.57. The van der Waals surface area contributed by atoms with Crippen molar-refractivity contribution >= 4 is 32.8 Å². The Morgan fingerprint density at radius 2 is 1.92 bits per heavy atom. The molecule has 1 saturated carbocycles. The van der Waals surface area contributed by atoms with Crippen LogP contribution in [0.2, 0.25) is 0 Å². The number of hydrogen-bond donors (Lipinski definition) is 1. The number of rotatable bonds is 5. The van der Waals surface area contributed by atoms with E-state index in [2.05, 4.69) is 34.2 Å². The van der Waals surface area contributed by atoms with E-state index in [1.807, 2.05) is 0 Å². The van der Waals surface area contributed by atoms with Crippen molar-refractivity contribution in [1.82, 2.24) is 13.5 Å². The topological polar surface area (TPSA) is 72.0 Å². The molecule has 1 fully saturated rings. The van der Waals surface area contributed by atoms with Crippen molar-refractivity contribution in [2.45, 2.75) is 63.8 Å². The highest BCUT2D eigenvalue weighted by Gasteiger charge is 2.33. The van der Waals surface area contributed by atoms with Gasteiger partial charge in [-0.2, -0.15) is 8.75 Å². The Bertz CT molecular complexity index is 806. The summed E-state index contributed by atoms with van der Waals surface area (Å²) in [4.78, 5) is 0.241. The quantitative estimate of drug-likeness (QED) is 0.868. The summed E-state index contributed by atoms with van der Waals surface area (Å²) in [6, 6.07) is 5.13. The van der Waals surface area contributed by atoms with Gasteiger partial charge in [0.15, 0.2) is 0 Å². The second-order valence-electron chi connectivity index (χ2n) is 7.40. The second-order valence-corrected chi connectivity index (χ2v) is 9.61. The molecule has 0 amide bonds. The molecular weight excluding hydrogens is 342 g/mol. The lowest BCUT2D eigenvalue weighted by Crippen LogP contribution is -2.39. The number of fused-ring (bicyclic) bond motifs is 1. The summed E-state index contributed by atoms with van der Waals surface area (Å²) in [5.74, 6) is 0.675. The van der Waals surface area contributed by atoms with Crippen LogP contribution in [0.4, 0.5) is 0 Å². The van der Waals surface area contributed by atoms with Gasteiger partial charge in [0.1, 0.15) is 15.9 Å². The number of hydrogen-bond acceptors (Lipinski definition) is 5. The van der Waals surface area contributed by atoms with Crippen LogP contribution in [0.1, 0.15) is 52.9 Å². The smallest absolute Gasteiger partial charge is 0.208 e.